The van der Waals surface area contributed by atoms with Crippen LogP contribution in [0.4, 0.5) is 11.6 Å². The third-order valence-electron chi connectivity index (χ3n) is 7.14. The Balaban J connectivity index is 1.63. The molecule has 0 unspecified atom stereocenters. The van der Waals surface area contributed by atoms with Crippen molar-refractivity contribution in [3.63, 3.8) is 0 Å². The van der Waals surface area contributed by atoms with Gasteiger partial charge in [0.25, 0.3) is 15.9 Å². The molecule has 1 aromatic heterocycles. The summed E-state index contributed by atoms with van der Waals surface area (Å²) in [7, 11) is -4.07. The van der Waals surface area contributed by atoms with Gasteiger partial charge in [-0.25, -0.2) is 18.3 Å². The number of sulfonamides is 1. The fourth-order valence-corrected chi connectivity index (χ4v) is 7.63. The van der Waals surface area contributed by atoms with Crippen LogP contribution in [-0.2, 0) is 31.6 Å². The maximum absolute atomic E-state index is 14.2. The molecule has 2 amide bonds. The maximum atomic E-state index is 14.2. The number of rotatable bonds is 5. The normalized spacial score (nSPS) is 20.3. The molecule has 0 saturated carbocycles. The van der Waals surface area contributed by atoms with Gasteiger partial charge in [-0.15, -0.1) is 0 Å². The van der Waals surface area contributed by atoms with Gasteiger partial charge in [0, 0.05) is 54.0 Å². The molecule has 1 fully saturated rings. The van der Waals surface area contributed by atoms with Gasteiger partial charge in [-0.05, 0) is 49.2 Å². The monoisotopic (exact) mass is 653 g/mol. The van der Waals surface area contributed by atoms with E-state index in [-0.39, 0.29) is 48.8 Å². The van der Waals surface area contributed by atoms with E-state index in [0.717, 1.165) is 10.0 Å². The minimum Gasteiger partial charge on any atom is -0.342 e. The number of benzene rings is 2. The van der Waals surface area contributed by atoms with Crippen molar-refractivity contribution in [2.75, 3.05) is 31.1 Å². The lowest BCUT2D eigenvalue weighted by atomic mass is 9.92. The van der Waals surface area contributed by atoms with Gasteiger partial charge >= 0.3 is 0 Å². The Hall–Kier alpha value is -2.44. The van der Waals surface area contributed by atoms with Crippen LogP contribution in [0.3, 0.4) is 0 Å². The molecule has 1 atom stereocenters. The van der Waals surface area contributed by atoms with Crippen molar-refractivity contribution < 1.29 is 18.0 Å². The van der Waals surface area contributed by atoms with Crippen LogP contribution in [-0.4, -0.2) is 65.2 Å². The van der Waals surface area contributed by atoms with E-state index in [1.807, 2.05) is 24.3 Å². The van der Waals surface area contributed by atoms with Crippen LogP contribution in [0, 0.1) is 0 Å². The molecule has 0 aliphatic carbocycles. The number of hydrogen-bond acceptors (Lipinski definition) is 5. The first kappa shape index (κ1) is 28.1. The number of amides is 2. The van der Waals surface area contributed by atoms with Crippen molar-refractivity contribution in [1.82, 2.24) is 18.8 Å². The summed E-state index contributed by atoms with van der Waals surface area (Å²) in [4.78, 5) is 33.5. The molecule has 0 bridgehead atoms. The zero-order valence-corrected chi connectivity index (χ0v) is 25.2. The lowest BCUT2D eigenvalue weighted by Crippen LogP contribution is -2.43. The number of hydrogen-bond donors (Lipinski definition) is 0. The van der Waals surface area contributed by atoms with E-state index in [1.54, 1.807) is 30.0 Å². The number of imidazole rings is 1. The molecule has 13 heteroatoms. The molecule has 3 aromatic rings. The number of anilines is 2. The highest BCUT2D eigenvalue weighted by molar-refractivity contribution is 9.10. The smallest absolute Gasteiger partial charge is 0.260 e. The maximum Gasteiger partial charge on any atom is 0.260 e. The van der Waals surface area contributed by atoms with Gasteiger partial charge in [-0.1, -0.05) is 51.3 Å². The number of fused-ring (bicyclic) bond motifs is 1. The summed E-state index contributed by atoms with van der Waals surface area (Å²) in [5.41, 5.74) is -0.0942. The summed E-state index contributed by atoms with van der Waals surface area (Å²) in [5.74, 6) is -0.290. The second kappa shape index (κ2) is 10.5. The summed E-state index contributed by atoms with van der Waals surface area (Å²) < 4.78 is 31.9. The average Bonchev–Trinajstić information content (AvgIpc) is 3.25. The van der Waals surface area contributed by atoms with Crippen LogP contribution >= 0.6 is 39.1 Å². The number of halogens is 3. The third-order valence-corrected chi connectivity index (χ3v) is 9.97. The molecule has 2 aliphatic rings. The summed E-state index contributed by atoms with van der Waals surface area (Å²) in [6, 6.07) is 12.3. The highest BCUT2D eigenvalue weighted by Gasteiger charge is 2.52. The van der Waals surface area contributed by atoms with Crippen LogP contribution in [0.2, 0.25) is 10.0 Å². The lowest BCUT2D eigenvalue weighted by Gasteiger charge is -2.28. The quantitative estimate of drug-likeness (QED) is 0.393. The summed E-state index contributed by atoms with van der Waals surface area (Å²) >= 11 is 16.0. The topological polar surface area (TPSA) is 95.8 Å². The third kappa shape index (κ3) is 5.11. The van der Waals surface area contributed by atoms with Gasteiger partial charge in [0.05, 0.1) is 11.9 Å². The van der Waals surface area contributed by atoms with Crippen LogP contribution < -0.4 is 4.90 Å². The van der Waals surface area contributed by atoms with Gasteiger partial charge < -0.3 is 4.90 Å². The van der Waals surface area contributed by atoms with Crippen LogP contribution in [0.5, 0.6) is 0 Å². The molecule has 39 heavy (non-hydrogen) atoms. The molecule has 206 valence electrons. The van der Waals surface area contributed by atoms with Crippen molar-refractivity contribution in [3.05, 3.63) is 68.7 Å². The average molecular weight is 655 g/mol. The largest absolute Gasteiger partial charge is 0.342 e. The summed E-state index contributed by atoms with van der Waals surface area (Å²) in [6.45, 7) is 4.36. The zero-order valence-electron chi connectivity index (χ0n) is 21.3. The Morgan fingerprint density at radius 1 is 1.05 bits per heavy atom. The fourth-order valence-electron chi connectivity index (χ4n) is 5.19. The number of carbonyl (C=O) groups excluding carboxylic acids is 2. The van der Waals surface area contributed by atoms with Gasteiger partial charge in [-0.3, -0.25) is 14.2 Å². The SMILES string of the molecule is CC(=O)N1CCCN(S(=O)(=O)c2cnc3n2[C@](C)(Cc2ccc(Br)cc2)C(=O)N3c2cc(Cl)cc(Cl)c2)CC1. The molecule has 3 heterocycles. The molecule has 0 radical (unpaired) electrons. The summed E-state index contributed by atoms with van der Waals surface area (Å²) in [5, 5.41) is 0.576. The van der Waals surface area contributed by atoms with E-state index in [1.165, 1.54) is 26.9 Å². The molecular formula is C26H26BrCl2N5O4S. The standard InChI is InChI=1S/C26H26BrCl2N5O4S/c1-17(35)31-8-3-9-32(11-10-31)39(37,38)23-16-30-25-33(22-13-20(28)12-21(29)14-22)24(36)26(2,34(23)25)15-18-4-6-19(27)7-5-18/h4-7,12-14,16H,3,8-11,15H2,1-2H3/t26-/m1/s1. The Morgan fingerprint density at radius 2 is 1.72 bits per heavy atom. The van der Waals surface area contributed by atoms with Crippen molar-refractivity contribution in [2.24, 2.45) is 0 Å². The van der Waals surface area contributed by atoms with Crippen molar-refractivity contribution in [3.8, 4) is 0 Å². The number of aromatic nitrogens is 2. The second-order valence-corrected chi connectivity index (χ2v) is 13.5. The Labute approximate surface area is 245 Å². The first-order valence-electron chi connectivity index (χ1n) is 12.3. The second-order valence-electron chi connectivity index (χ2n) is 9.84. The minimum absolute atomic E-state index is 0.0858. The van der Waals surface area contributed by atoms with E-state index in [2.05, 4.69) is 20.9 Å². The van der Waals surface area contributed by atoms with Crippen LogP contribution in [0.1, 0.15) is 25.8 Å². The number of carbonyl (C=O) groups is 2. The van der Waals surface area contributed by atoms with E-state index in [4.69, 9.17) is 23.2 Å². The molecular weight excluding hydrogens is 629 g/mol. The van der Waals surface area contributed by atoms with Crippen LogP contribution in [0.15, 0.2) is 58.2 Å². The highest BCUT2D eigenvalue weighted by atomic mass is 79.9. The predicted molar refractivity (Wildman–Crippen MR) is 153 cm³/mol. The Bertz CT molecular complexity index is 1540. The lowest BCUT2D eigenvalue weighted by molar-refractivity contribution is -0.128. The summed E-state index contributed by atoms with van der Waals surface area (Å²) in [6.07, 6.45) is 2.01. The minimum atomic E-state index is -4.07. The van der Waals surface area contributed by atoms with Crippen molar-refractivity contribution in [2.45, 2.75) is 37.3 Å². The first-order valence-corrected chi connectivity index (χ1v) is 15.3. The molecule has 2 aromatic carbocycles. The number of nitrogens with zero attached hydrogens (tertiary/aromatic N) is 5. The van der Waals surface area contributed by atoms with E-state index >= 15 is 0 Å². The van der Waals surface area contributed by atoms with Gasteiger partial charge in [0.15, 0.2) is 5.03 Å². The Kier molecular flexibility index (Phi) is 7.58. The molecule has 0 spiro atoms. The molecule has 2 aliphatic heterocycles. The first-order chi connectivity index (χ1) is 18.4. The van der Waals surface area contributed by atoms with Gasteiger partial charge in [-0.2, -0.15) is 4.31 Å². The molecule has 1 saturated heterocycles. The molecule has 5 rings (SSSR count). The molecule has 0 N–H and O–H groups in total. The predicted octanol–water partition coefficient (Wildman–Crippen LogP) is 4.83. The van der Waals surface area contributed by atoms with Crippen molar-refractivity contribution >= 4 is 72.6 Å². The van der Waals surface area contributed by atoms with Gasteiger partial charge in [0.2, 0.25) is 11.9 Å². The van der Waals surface area contributed by atoms with E-state index in [0.29, 0.717) is 28.7 Å². The fraction of sp³-hybridized carbons (Fsp3) is 0.346. The van der Waals surface area contributed by atoms with Crippen molar-refractivity contribution in [1.29, 1.82) is 0 Å². The van der Waals surface area contributed by atoms with Gasteiger partial charge in [0.1, 0.15) is 5.54 Å². The van der Waals surface area contributed by atoms with E-state index in [9.17, 15) is 18.0 Å². The zero-order chi connectivity index (χ0) is 28.1. The van der Waals surface area contributed by atoms with E-state index < -0.39 is 15.6 Å². The Morgan fingerprint density at radius 3 is 2.36 bits per heavy atom. The van der Waals surface area contributed by atoms with Crippen LogP contribution in [0.25, 0.3) is 0 Å². The molecule has 9 nitrogen and oxygen atoms in total. The highest BCUT2D eigenvalue weighted by Crippen LogP contribution is 2.45.